The molecule has 0 heterocycles. The number of anilines is 2. The van der Waals surface area contributed by atoms with Crippen molar-refractivity contribution in [2.75, 3.05) is 17.7 Å². The van der Waals surface area contributed by atoms with Crippen LogP contribution in [-0.4, -0.2) is 17.8 Å². The van der Waals surface area contributed by atoms with Crippen molar-refractivity contribution in [1.82, 2.24) is 0 Å². The van der Waals surface area contributed by atoms with Crippen LogP contribution in [0.4, 0.5) is 11.4 Å². The average molecular weight is 321 g/mol. The second-order valence-electron chi connectivity index (χ2n) is 4.45. The molecule has 0 aliphatic heterocycles. The van der Waals surface area contributed by atoms with E-state index in [0.29, 0.717) is 5.69 Å². The van der Waals surface area contributed by atoms with Gasteiger partial charge in [-0.2, -0.15) is 0 Å². The van der Waals surface area contributed by atoms with E-state index in [-0.39, 0.29) is 12.6 Å². The molecule has 0 saturated heterocycles. The molecule has 2 aromatic carbocycles. The number of nitrogen functional groups attached to an aromatic ring is 1. The summed E-state index contributed by atoms with van der Waals surface area (Å²) in [5.41, 5.74) is 8.62. The smallest absolute Gasteiger partial charge is 0.0636 e. The van der Waals surface area contributed by atoms with Gasteiger partial charge in [-0.15, -0.1) is 0 Å². The first-order valence-electron chi connectivity index (χ1n) is 6.15. The van der Waals surface area contributed by atoms with E-state index in [1.165, 1.54) is 5.56 Å². The number of halogens is 1. The minimum absolute atomic E-state index is 0.0564. The molecule has 0 saturated carbocycles. The molecule has 0 aromatic heterocycles. The molecule has 4 N–H and O–H groups in total. The second-order valence-corrected chi connectivity index (χ2v) is 5.36. The first-order chi connectivity index (χ1) is 9.19. The van der Waals surface area contributed by atoms with E-state index in [9.17, 15) is 5.11 Å². The molecule has 4 heteroatoms. The molecule has 2 aromatic rings. The lowest BCUT2D eigenvalue weighted by Crippen LogP contribution is -2.26. The molecule has 0 spiro atoms. The summed E-state index contributed by atoms with van der Waals surface area (Å²) in [5, 5.41) is 12.8. The van der Waals surface area contributed by atoms with Crippen molar-refractivity contribution in [3.8, 4) is 0 Å². The molecule has 1 unspecified atom stereocenters. The predicted molar refractivity (Wildman–Crippen MR) is 83.2 cm³/mol. The molecule has 3 nitrogen and oxygen atoms in total. The first kappa shape index (κ1) is 13.9. The summed E-state index contributed by atoms with van der Waals surface area (Å²) >= 11 is 3.42. The summed E-state index contributed by atoms with van der Waals surface area (Å²) in [6.07, 6.45) is 0.753. The lowest BCUT2D eigenvalue weighted by Gasteiger charge is -2.19. The van der Waals surface area contributed by atoms with Crippen molar-refractivity contribution in [1.29, 1.82) is 0 Å². The Hall–Kier alpha value is -1.52. The number of aliphatic hydroxyl groups excluding tert-OH is 1. The highest BCUT2D eigenvalue weighted by molar-refractivity contribution is 9.10. The average Bonchev–Trinajstić information content (AvgIpc) is 2.43. The maximum Gasteiger partial charge on any atom is 0.0636 e. The highest BCUT2D eigenvalue weighted by atomic mass is 79.9. The van der Waals surface area contributed by atoms with E-state index < -0.39 is 0 Å². The highest BCUT2D eigenvalue weighted by Gasteiger charge is 2.10. The van der Waals surface area contributed by atoms with Crippen molar-refractivity contribution < 1.29 is 5.11 Å². The van der Waals surface area contributed by atoms with Gasteiger partial charge < -0.3 is 16.2 Å². The maximum atomic E-state index is 9.49. The Labute approximate surface area is 121 Å². The van der Waals surface area contributed by atoms with E-state index >= 15 is 0 Å². The van der Waals surface area contributed by atoms with Crippen LogP contribution in [0.15, 0.2) is 53.0 Å². The van der Waals surface area contributed by atoms with E-state index in [2.05, 4.69) is 33.4 Å². The Morgan fingerprint density at radius 2 is 1.89 bits per heavy atom. The van der Waals surface area contributed by atoms with Gasteiger partial charge >= 0.3 is 0 Å². The number of nitrogens with two attached hydrogens (primary N) is 1. The lowest BCUT2D eigenvalue weighted by atomic mass is 10.1. The summed E-state index contributed by atoms with van der Waals surface area (Å²) < 4.78 is 0.959. The van der Waals surface area contributed by atoms with Gasteiger partial charge in [0.15, 0.2) is 0 Å². The normalized spacial score (nSPS) is 12.1. The van der Waals surface area contributed by atoms with Gasteiger partial charge in [0.25, 0.3) is 0 Å². The van der Waals surface area contributed by atoms with E-state index in [0.717, 1.165) is 16.6 Å². The van der Waals surface area contributed by atoms with Gasteiger partial charge in [0.2, 0.25) is 0 Å². The molecular formula is C15H17BrN2O. The van der Waals surface area contributed by atoms with Crippen molar-refractivity contribution >= 4 is 27.3 Å². The SMILES string of the molecule is Nc1ccc(Br)cc1NC(CO)Cc1ccccc1. The molecule has 0 radical (unpaired) electrons. The number of rotatable bonds is 5. The Morgan fingerprint density at radius 3 is 2.58 bits per heavy atom. The van der Waals surface area contributed by atoms with Gasteiger partial charge in [0.05, 0.1) is 24.0 Å². The molecular weight excluding hydrogens is 304 g/mol. The third-order valence-corrected chi connectivity index (χ3v) is 3.41. The Kier molecular flexibility index (Phi) is 4.82. The number of aliphatic hydroxyl groups is 1. The summed E-state index contributed by atoms with van der Waals surface area (Å²) in [6.45, 7) is 0.0564. The van der Waals surface area contributed by atoms with Crippen LogP contribution >= 0.6 is 15.9 Å². The molecule has 100 valence electrons. The fourth-order valence-corrected chi connectivity index (χ4v) is 2.29. The molecule has 0 fully saturated rings. The minimum Gasteiger partial charge on any atom is -0.397 e. The van der Waals surface area contributed by atoms with Crippen LogP contribution in [0.5, 0.6) is 0 Å². The van der Waals surface area contributed by atoms with Crippen LogP contribution in [-0.2, 0) is 6.42 Å². The van der Waals surface area contributed by atoms with Crippen molar-refractivity contribution in [3.05, 3.63) is 58.6 Å². The number of hydrogen-bond acceptors (Lipinski definition) is 3. The lowest BCUT2D eigenvalue weighted by molar-refractivity contribution is 0.274. The summed E-state index contributed by atoms with van der Waals surface area (Å²) in [7, 11) is 0. The van der Waals surface area contributed by atoms with Crippen LogP contribution < -0.4 is 11.1 Å². The van der Waals surface area contributed by atoms with Crippen LogP contribution in [0.25, 0.3) is 0 Å². The topological polar surface area (TPSA) is 58.3 Å². The Morgan fingerprint density at radius 1 is 1.16 bits per heavy atom. The number of nitrogens with one attached hydrogen (secondary N) is 1. The summed E-state index contributed by atoms with van der Waals surface area (Å²) in [5.74, 6) is 0. The molecule has 19 heavy (non-hydrogen) atoms. The summed E-state index contributed by atoms with van der Waals surface area (Å²) in [4.78, 5) is 0. The van der Waals surface area contributed by atoms with Gasteiger partial charge in [-0.3, -0.25) is 0 Å². The molecule has 0 amide bonds. The zero-order valence-corrected chi connectivity index (χ0v) is 12.1. The monoisotopic (exact) mass is 320 g/mol. The van der Waals surface area contributed by atoms with Crippen LogP contribution in [0, 0.1) is 0 Å². The molecule has 1 atom stereocenters. The number of benzene rings is 2. The van der Waals surface area contributed by atoms with Gasteiger partial charge in [-0.05, 0) is 30.2 Å². The van der Waals surface area contributed by atoms with Crippen molar-refractivity contribution in [2.24, 2.45) is 0 Å². The highest BCUT2D eigenvalue weighted by Crippen LogP contribution is 2.24. The zero-order valence-electron chi connectivity index (χ0n) is 10.5. The van der Waals surface area contributed by atoms with E-state index in [4.69, 9.17) is 5.73 Å². The van der Waals surface area contributed by atoms with Crippen molar-refractivity contribution in [2.45, 2.75) is 12.5 Å². The van der Waals surface area contributed by atoms with Gasteiger partial charge in [0.1, 0.15) is 0 Å². The van der Waals surface area contributed by atoms with Gasteiger partial charge in [-0.1, -0.05) is 46.3 Å². The molecule has 0 aliphatic rings. The fraction of sp³-hybridized carbons (Fsp3) is 0.200. The summed E-state index contributed by atoms with van der Waals surface area (Å²) in [6, 6.07) is 15.7. The quantitative estimate of drug-likeness (QED) is 0.742. The van der Waals surface area contributed by atoms with Crippen molar-refractivity contribution in [3.63, 3.8) is 0 Å². The van der Waals surface area contributed by atoms with Crippen LogP contribution in [0.3, 0.4) is 0 Å². The van der Waals surface area contributed by atoms with E-state index in [1.807, 2.05) is 36.4 Å². The fourth-order valence-electron chi connectivity index (χ4n) is 1.93. The maximum absolute atomic E-state index is 9.49. The third kappa shape index (κ3) is 3.98. The predicted octanol–water partition coefficient (Wildman–Crippen LogP) is 3.05. The van der Waals surface area contributed by atoms with E-state index in [1.54, 1.807) is 0 Å². The standard InChI is InChI=1S/C15H17BrN2O/c16-12-6-7-14(17)15(9-12)18-13(10-19)8-11-4-2-1-3-5-11/h1-7,9,13,18-19H,8,10,17H2. The molecule has 0 aliphatic carbocycles. The third-order valence-electron chi connectivity index (χ3n) is 2.92. The van der Waals surface area contributed by atoms with Gasteiger partial charge in [-0.25, -0.2) is 0 Å². The van der Waals surface area contributed by atoms with Gasteiger partial charge in [0, 0.05) is 4.47 Å². The number of hydrogen-bond donors (Lipinski definition) is 3. The first-order valence-corrected chi connectivity index (χ1v) is 6.94. The molecule has 2 rings (SSSR count). The van der Waals surface area contributed by atoms with Crippen LogP contribution in [0.1, 0.15) is 5.56 Å². The largest absolute Gasteiger partial charge is 0.397 e. The van der Waals surface area contributed by atoms with Crippen LogP contribution in [0.2, 0.25) is 0 Å². The minimum atomic E-state index is -0.0565. The zero-order chi connectivity index (χ0) is 13.7. The Bertz CT molecular complexity index is 531. The molecule has 0 bridgehead atoms. The second kappa shape index (κ2) is 6.59. The Balaban J connectivity index is 2.09.